The molecule has 0 unspecified atom stereocenters. The first-order valence-corrected chi connectivity index (χ1v) is 12.2. The first-order valence-electron chi connectivity index (χ1n) is 12.2. The Balaban J connectivity index is 1.13. The maximum atomic E-state index is 13.0. The Hall–Kier alpha value is -3.13. The van der Waals surface area contributed by atoms with Crippen LogP contribution in [0, 0.1) is 5.92 Å². The van der Waals surface area contributed by atoms with E-state index >= 15 is 0 Å². The first kappa shape index (κ1) is 24.0. The minimum atomic E-state index is -0.158. The normalized spacial score (nSPS) is 21.0. The first-order chi connectivity index (χ1) is 16.6. The number of carbonyl (C=O) groups excluding carboxylic acids is 2. The third kappa shape index (κ3) is 6.70. The molecule has 8 nitrogen and oxygen atoms in total. The number of ether oxygens (including phenoxy) is 1. The standard InChI is InChI=1S/C26H35N5O3/c1-34-24-11-5-20(6-12-24)18-28-26(33)29-22-9-7-21(8-10-22)25(32)31-16-14-30(15-17-31)19-23-4-2-3-13-27-23/h2-6,11-13,21-22H,7-10,14-19H2,1H3,(H2,28,29,33). The van der Waals surface area contributed by atoms with Gasteiger partial charge in [-0.1, -0.05) is 18.2 Å². The molecule has 2 fully saturated rings. The van der Waals surface area contributed by atoms with E-state index in [9.17, 15) is 9.59 Å². The van der Waals surface area contributed by atoms with Crippen LogP contribution in [-0.2, 0) is 17.9 Å². The molecule has 2 aromatic rings. The third-order valence-corrected chi connectivity index (χ3v) is 6.82. The lowest BCUT2D eigenvalue weighted by molar-refractivity contribution is -0.138. The van der Waals surface area contributed by atoms with E-state index in [4.69, 9.17) is 4.74 Å². The van der Waals surface area contributed by atoms with Crippen LogP contribution in [0.1, 0.15) is 36.9 Å². The lowest BCUT2D eigenvalue weighted by Crippen LogP contribution is -2.51. The van der Waals surface area contributed by atoms with Crippen molar-refractivity contribution in [3.63, 3.8) is 0 Å². The number of pyridine rings is 1. The maximum Gasteiger partial charge on any atom is 0.315 e. The van der Waals surface area contributed by atoms with Crippen LogP contribution in [0.3, 0.4) is 0 Å². The summed E-state index contributed by atoms with van der Waals surface area (Å²) in [5, 5.41) is 5.98. The quantitative estimate of drug-likeness (QED) is 0.657. The number of carbonyl (C=O) groups is 2. The molecule has 0 bridgehead atoms. The Labute approximate surface area is 201 Å². The second-order valence-electron chi connectivity index (χ2n) is 9.15. The van der Waals surface area contributed by atoms with E-state index < -0.39 is 0 Å². The molecule has 34 heavy (non-hydrogen) atoms. The van der Waals surface area contributed by atoms with Crippen LogP contribution in [0.15, 0.2) is 48.7 Å². The van der Waals surface area contributed by atoms with Gasteiger partial charge in [0.25, 0.3) is 0 Å². The van der Waals surface area contributed by atoms with Crippen LogP contribution in [0.5, 0.6) is 5.75 Å². The minimum Gasteiger partial charge on any atom is -0.497 e. The predicted octanol–water partition coefficient (Wildman–Crippen LogP) is 2.79. The van der Waals surface area contributed by atoms with Gasteiger partial charge in [-0.3, -0.25) is 14.7 Å². The number of benzene rings is 1. The topological polar surface area (TPSA) is 86.8 Å². The van der Waals surface area contributed by atoms with E-state index in [-0.39, 0.29) is 23.9 Å². The van der Waals surface area contributed by atoms with Gasteiger partial charge in [-0.05, 0) is 55.5 Å². The molecule has 2 heterocycles. The molecule has 1 aromatic carbocycles. The van der Waals surface area contributed by atoms with E-state index in [0.29, 0.717) is 6.54 Å². The van der Waals surface area contributed by atoms with Crippen molar-refractivity contribution in [2.75, 3.05) is 33.3 Å². The molecular weight excluding hydrogens is 430 g/mol. The average Bonchev–Trinajstić information content (AvgIpc) is 2.89. The van der Waals surface area contributed by atoms with Crippen molar-refractivity contribution >= 4 is 11.9 Å². The summed E-state index contributed by atoms with van der Waals surface area (Å²) in [7, 11) is 1.63. The number of aromatic nitrogens is 1. The van der Waals surface area contributed by atoms with Crippen molar-refractivity contribution in [3.05, 3.63) is 59.9 Å². The molecule has 1 saturated carbocycles. The van der Waals surface area contributed by atoms with E-state index in [2.05, 4.69) is 20.5 Å². The number of rotatable bonds is 7. The Morgan fingerprint density at radius 3 is 2.38 bits per heavy atom. The number of methoxy groups -OCH3 is 1. The highest BCUT2D eigenvalue weighted by Crippen LogP contribution is 2.26. The summed E-state index contributed by atoms with van der Waals surface area (Å²) < 4.78 is 5.15. The largest absolute Gasteiger partial charge is 0.497 e. The minimum absolute atomic E-state index is 0.0720. The molecule has 4 rings (SSSR count). The summed E-state index contributed by atoms with van der Waals surface area (Å²) >= 11 is 0. The van der Waals surface area contributed by atoms with Crippen LogP contribution in [-0.4, -0.2) is 66.1 Å². The molecule has 2 aliphatic rings. The van der Waals surface area contributed by atoms with Gasteiger partial charge >= 0.3 is 6.03 Å². The van der Waals surface area contributed by atoms with E-state index in [1.165, 1.54) is 0 Å². The van der Waals surface area contributed by atoms with Crippen LogP contribution < -0.4 is 15.4 Å². The number of piperazine rings is 1. The second kappa shape index (κ2) is 11.8. The number of amides is 3. The van der Waals surface area contributed by atoms with Gasteiger partial charge in [-0.15, -0.1) is 0 Å². The van der Waals surface area contributed by atoms with E-state index in [1.807, 2.05) is 53.6 Å². The zero-order valence-corrected chi connectivity index (χ0v) is 19.9. The van der Waals surface area contributed by atoms with Crippen molar-refractivity contribution in [3.8, 4) is 5.75 Å². The van der Waals surface area contributed by atoms with Crippen LogP contribution in [0.4, 0.5) is 4.79 Å². The highest BCUT2D eigenvalue weighted by molar-refractivity contribution is 5.79. The molecule has 0 atom stereocenters. The fourth-order valence-corrected chi connectivity index (χ4v) is 4.75. The summed E-state index contributed by atoms with van der Waals surface area (Å²) in [6, 6.07) is 13.6. The molecule has 1 aliphatic heterocycles. The molecule has 1 aliphatic carbocycles. The van der Waals surface area contributed by atoms with Crippen molar-refractivity contribution in [1.29, 1.82) is 0 Å². The van der Waals surface area contributed by atoms with Crippen LogP contribution >= 0.6 is 0 Å². The Bertz CT molecular complexity index is 921. The van der Waals surface area contributed by atoms with Crippen molar-refractivity contribution < 1.29 is 14.3 Å². The third-order valence-electron chi connectivity index (χ3n) is 6.82. The number of urea groups is 1. The van der Waals surface area contributed by atoms with Crippen molar-refractivity contribution in [2.45, 2.75) is 44.8 Å². The number of hydrogen-bond acceptors (Lipinski definition) is 5. The molecular formula is C26H35N5O3. The second-order valence-corrected chi connectivity index (χ2v) is 9.15. The maximum absolute atomic E-state index is 13.0. The zero-order chi connectivity index (χ0) is 23.8. The van der Waals surface area contributed by atoms with E-state index in [1.54, 1.807) is 7.11 Å². The highest BCUT2D eigenvalue weighted by atomic mass is 16.5. The van der Waals surface area contributed by atoms with Gasteiger partial charge in [-0.25, -0.2) is 4.79 Å². The molecule has 1 aromatic heterocycles. The number of nitrogens with one attached hydrogen (secondary N) is 2. The number of hydrogen-bond donors (Lipinski definition) is 2. The van der Waals surface area contributed by atoms with Crippen LogP contribution in [0.2, 0.25) is 0 Å². The van der Waals surface area contributed by atoms with E-state index in [0.717, 1.165) is 75.4 Å². The monoisotopic (exact) mass is 465 g/mol. The van der Waals surface area contributed by atoms with Gasteiger partial charge in [0.1, 0.15) is 5.75 Å². The summed E-state index contributed by atoms with van der Waals surface area (Å²) in [6.45, 7) is 4.62. The number of nitrogens with zero attached hydrogens (tertiary/aromatic N) is 3. The molecule has 0 spiro atoms. The fourth-order valence-electron chi connectivity index (χ4n) is 4.75. The van der Waals surface area contributed by atoms with Crippen LogP contribution in [0.25, 0.3) is 0 Å². The lowest BCUT2D eigenvalue weighted by atomic mass is 9.85. The average molecular weight is 466 g/mol. The molecule has 1 saturated heterocycles. The smallest absolute Gasteiger partial charge is 0.315 e. The SMILES string of the molecule is COc1ccc(CNC(=O)NC2CCC(C(=O)N3CCN(Cc4ccccn4)CC3)CC2)cc1. The molecule has 3 amide bonds. The lowest BCUT2D eigenvalue weighted by Gasteiger charge is -2.37. The van der Waals surface area contributed by atoms with Gasteiger partial charge < -0.3 is 20.3 Å². The van der Waals surface area contributed by atoms with Gasteiger partial charge in [0.2, 0.25) is 5.91 Å². The van der Waals surface area contributed by atoms with Gasteiger partial charge in [-0.2, -0.15) is 0 Å². The van der Waals surface area contributed by atoms with Crippen molar-refractivity contribution in [1.82, 2.24) is 25.4 Å². The van der Waals surface area contributed by atoms with Gasteiger partial charge in [0, 0.05) is 57.4 Å². The molecule has 182 valence electrons. The summed E-state index contributed by atoms with van der Waals surface area (Å²) in [5.74, 6) is 1.15. The zero-order valence-electron chi connectivity index (χ0n) is 19.9. The summed E-state index contributed by atoms with van der Waals surface area (Å²) in [4.78, 5) is 34.1. The molecule has 2 N–H and O–H groups in total. The molecule has 8 heteroatoms. The Morgan fingerprint density at radius 1 is 1.00 bits per heavy atom. The van der Waals surface area contributed by atoms with Crippen molar-refractivity contribution in [2.24, 2.45) is 5.92 Å². The summed E-state index contributed by atoms with van der Waals surface area (Å²) in [5.41, 5.74) is 2.09. The highest BCUT2D eigenvalue weighted by Gasteiger charge is 2.31. The van der Waals surface area contributed by atoms with Gasteiger partial charge in [0.05, 0.1) is 12.8 Å². The van der Waals surface area contributed by atoms with Gasteiger partial charge in [0.15, 0.2) is 0 Å². The fraction of sp³-hybridized carbons (Fsp3) is 0.500. The molecule has 0 radical (unpaired) electrons. The summed E-state index contributed by atoms with van der Waals surface area (Å²) in [6.07, 6.45) is 5.16. The Kier molecular flexibility index (Phi) is 8.36. The Morgan fingerprint density at radius 2 is 1.74 bits per heavy atom. The predicted molar refractivity (Wildman–Crippen MR) is 130 cm³/mol.